The molecule has 20 heavy (non-hydrogen) atoms. The second kappa shape index (κ2) is 5.88. The number of carbonyl (C=O) groups is 1. The Morgan fingerprint density at radius 2 is 1.90 bits per heavy atom. The van der Waals surface area contributed by atoms with Crippen LogP contribution in [0, 0.1) is 0 Å². The molecule has 0 atom stereocenters. The van der Waals surface area contributed by atoms with Crippen molar-refractivity contribution >= 4 is 22.8 Å². The number of aliphatic hydroxyl groups is 1. The van der Waals surface area contributed by atoms with Crippen LogP contribution in [-0.4, -0.2) is 23.2 Å². The van der Waals surface area contributed by atoms with E-state index in [-0.39, 0.29) is 12.5 Å². The van der Waals surface area contributed by atoms with E-state index in [1.165, 1.54) is 6.08 Å². The van der Waals surface area contributed by atoms with Crippen LogP contribution in [0.5, 0.6) is 0 Å². The molecule has 0 aliphatic rings. The molecule has 0 spiro atoms. The molecule has 0 saturated heterocycles. The molecule has 0 heterocycles. The Kier molecular flexibility index (Phi) is 4.20. The van der Waals surface area contributed by atoms with Crippen molar-refractivity contribution in [2.45, 2.75) is 19.4 Å². The molecule has 2 rings (SSSR count). The fraction of sp³-hybridized carbons (Fsp3) is 0.235. The fourth-order valence-corrected chi connectivity index (χ4v) is 1.98. The number of rotatable bonds is 4. The van der Waals surface area contributed by atoms with Gasteiger partial charge in [-0.15, -0.1) is 0 Å². The van der Waals surface area contributed by atoms with Crippen molar-refractivity contribution in [3.05, 3.63) is 54.1 Å². The second-order valence-corrected chi connectivity index (χ2v) is 5.43. The summed E-state index contributed by atoms with van der Waals surface area (Å²) in [5, 5.41) is 14.1. The Labute approximate surface area is 118 Å². The number of benzene rings is 2. The van der Waals surface area contributed by atoms with Gasteiger partial charge in [-0.2, -0.15) is 0 Å². The first-order valence-electron chi connectivity index (χ1n) is 6.61. The maximum absolute atomic E-state index is 11.8. The van der Waals surface area contributed by atoms with Gasteiger partial charge in [-0.1, -0.05) is 42.5 Å². The van der Waals surface area contributed by atoms with Crippen LogP contribution in [0.2, 0.25) is 0 Å². The molecule has 2 aromatic carbocycles. The summed E-state index contributed by atoms with van der Waals surface area (Å²) >= 11 is 0. The molecule has 0 unspecified atom stereocenters. The Morgan fingerprint density at radius 3 is 2.65 bits per heavy atom. The molecule has 0 fully saturated rings. The molecule has 2 aromatic rings. The number of amides is 1. The molecular formula is C17H19NO2. The smallest absolute Gasteiger partial charge is 0.244 e. The van der Waals surface area contributed by atoms with E-state index in [0.29, 0.717) is 0 Å². The Morgan fingerprint density at radius 1 is 1.20 bits per heavy atom. The average molecular weight is 269 g/mol. The summed E-state index contributed by atoms with van der Waals surface area (Å²) in [5.74, 6) is -0.211. The molecule has 0 aliphatic carbocycles. The van der Waals surface area contributed by atoms with Gasteiger partial charge in [-0.3, -0.25) is 4.79 Å². The highest BCUT2D eigenvalue weighted by Crippen LogP contribution is 2.19. The lowest BCUT2D eigenvalue weighted by atomic mass is 10.0. The first kappa shape index (κ1) is 14.3. The van der Waals surface area contributed by atoms with Crippen molar-refractivity contribution in [3.8, 4) is 0 Å². The largest absolute Gasteiger partial charge is 0.394 e. The molecule has 0 radical (unpaired) electrons. The highest BCUT2D eigenvalue weighted by Gasteiger charge is 2.17. The molecule has 0 saturated carbocycles. The van der Waals surface area contributed by atoms with E-state index in [0.717, 1.165) is 16.3 Å². The Balaban J connectivity index is 2.20. The first-order valence-corrected chi connectivity index (χ1v) is 6.61. The standard InChI is InChI=1S/C17H19NO2/c1-17(2,12-19)18-16(20)11-10-14-8-5-7-13-6-3-4-9-15(13)14/h3-11,19H,12H2,1-2H3,(H,18,20)/b11-10+. The van der Waals surface area contributed by atoms with E-state index < -0.39 is 5.54 Å². The summed E-state index contributed by atoms with van der Waals surface area (Å²) in [4.78, 5) is 11.8. The minimum atomic E-state index is -0.611. The van der Waals surface area contributed by atoms with Gasteiger partial charge in [0.1, 0.15) is 0 Å². The van der Waals surface area contributed by atoms with Gasteiger partial charge in [0.15, 0.2) is 0 Å². The summed E-state index contributed by atoms with van der Waals surface area (Å²) in [6.07, 6.45) is 3.30. The summed E-state index contributed by atoms with van der Waals surface area (Å²) < 4.78 is 0. The third-order valence-corrected chi connectivity index (χ3v) is 3.09. The van der Waals surface area contributed by atoms with Crippen LogP contribution in [0.4, 0.5) is 0 Å². The average Bonchev–Trinajstić information content (AvgIpc) is 2.44. The molecule has 0 bridgehead atoms. The van der Waals surface area contributed by atoms with Crippen LogP contribution in [0.1, 0.15) is 19.4 Å². The summed E-state index contributed by atoms with van der Waals surface area (Å²) in [7, 11) is 0. The van der Waals surface area contributed by atoms with Crippen molar-refractivity contribution in [2.75, 3.05) is 6.61 Å². The van der Waals surface area contributed by atoms with Crippen LogP contribution >= 0.6 is 0 Å². The van der Waals surface area contributed by atoms with Gasteiger partial charge in [0.05, 0.1) is 12.1 Å². The molecule has 0 aliphatic heterocycles. The van der Waals surface area contributed by atoms with Crippen molar-refractivity contribution in [1.29, 1.82) is 0 Å². The molecule has 3 heteroatoms. The number of carbonyl (C=O) groups excluding carboxylic acids is 1. The maximum Gasteiger partial charge on any atom is 0.244 e. The van der Waals surface area contributed by atoms with Crippen molar-refractivity contribution in [3.63, 3.8) is 0 Å². The predicted molar refractivity (Wildman–Crippen MR) is 82.3 cm³/mol. The van der Waals surface area contributed by atoms with Crippen LogP contribution in [0.25, 0.3) is 16.8 Å². The number of hydrogen-bond acceptors (Lipinski definition) is 2. The van der Waals surface area contributed by atoms with E-state index in [1.807, 2.05) is 42.5 Å². The lowest BCUT2D eigenvalue weighted by Gasteiger charge is -2.22. The van der Waals surface area contributed by atoms with E-state index in [1.54, 1.807) is 19.9 Å². The Hall–Kier alpha value is -2.13. The van der Waals surface area contributed by atoms with Crippen LogP contribution < -0.4 is 5.32 Å². The monoisotopic (exact) mass is 269 g/mol. The van der Waals surface area contributed by atoms with Gasteiger partial charge in [-0.25, -0.2) is 0 Å². The number of fused-ring (bicyclic) bond motifs is 1. The van der Waals surface area contributed by atoms with Gasteiger partial charge < -0.3 is 10.4 Å². The molecule has 2 N–H and O–H groups in total. The molecule has 3 nitrogen and oxygen atoms in total. The van der Waals surface area contributed by atoms with E-state index in [2.05, 4.69) is 5.32 Å². The second-order valence-electron chi connectivity index (χ2n) is 5.43. The third-order valence-electron chi connectivity index (χ3n) is 3.09. The third kappa shape index (κ3) is 3.45. The van der Waals surface area contributed by atoms with Gasteiger partial charge in [0.2, 0.25) is 5.91 Å². The summed E-state index contributed by atoms with van der Waals surface area (Å²) in [6.45, 7) is 3.45. The first-order chi connectivity index (χ1) is 9.52. The SMILES string of the molecule is CC(C)(CO)NC(=O)/C=C/c1cccc2ccccc12. The zero-order valence-electron chi connectivity index (χ0n) is 11.8. The maximum atomic E-state index is 11.8. The summed E-state index contributed by atoms with van der Waals surface area (Å²) in [6, 6.07) is 14.0. The van der Waals surface area contributed by atoms with Gasteiger partial charge in [0, 0.05) is 6.08 Å². The summed E-state index contributed by atoms with van der Waals surface area (Å²) in [5.41, 5.74) is 0.389. The van der Waals surface area contributed by atoms with Crippen LogP contribution in [0.3, 0.4) is 0 Å². The van der Waals surface area contributed by atoms with Gasteiger partial charge in [0.25, 0.3) is 0 Å². The minimum Gasteiger partial charge on any atom is -0.394 e. The highest BCUT2D eigenvalue weighted by atomic mass is 16.3. The van der Waals surface area contributed by atoms with Crippen LogP contribution in [-0.2, 0) is 4.79 Å². The lowest BCUT2D eigenvalue weighted by Crippen LogP contribution is -2.45. The predicted octanol–water partition coefficient (Wildman–Crippen LogP) is 2.74. The van der Waals surface area contributed by atoms with Gasteiger partial charge in [-0.05, 0) is 36.3 Å². The van der Waals surface area contributed by atoms with Crippen molar-refractivity contribution in [2.24, 2.45) is 0 Å². The lowest BCUT2D eigenvalue weighted by molar-refractivity contribution is -0.118. The zero-order chi connectivity index (χ0) is 14.6. The molecular weight excluding hydrogens is 250 g/mol. The minimum absolute atomic E-state index is 0.0964. The number of hydrogen-bond donors (Lipinski definition) is 2. The zero-order valence-corrected chi connectivity index (χ0v) is 11.8. The number of aliphatic hydroxyl groups excluding tert-OH is 1. The number of nitrogens with one attached hydrogen (secondary N) is 1. The normalized spacial score (nSPS) is 11.9. The van der Waals surface area contributed by atoms with Gasteiger partial charge >= 0.3 is 0 Å². The molecule has 1 amide bonds. The molecule has 0 aromatic heterocycles. The van der Waals surface area contributed by atoms with Crippen molar-refractivity contribution in [1.82, 2.24) is 5.32 Å². The van der Waals surface area contributed by atoms with E-state index in [9.17, 15) is 4.79 Å². The quantitative estimate of drug-likeness (QED) is 0.838. The van der Waals surface area contributed by atoms with Crippen molar-refractivity contribution < 1.29 is 9.90 Å². The highest BCUT2D eigenvalue weighted by molar-refractivity contribution is 5.96. The van der Waals surface area contributed by atoms with E-state index >= 15 is 0 Å². The van der Waals surface area contributed by atoms with Crippen LogP contribution in [0.15, 0.2) is 48.5 Å². The topological polar surface area (TPSA) is 49.3 Å². The Bertz CT molecular complexity index is 639. The fourth-order valence-electron chi connectivity index (χ4n) is 1.98. The molecule has 104 valence electrons. The van der Waals surface area contributed by atoms with E-state index in [4.69, 9.17) is 5.11 Å².